The van der Waals surface area contributed by atoms with Crippen LogP contribution in [0, 0.1) is 5.92 Å². The Morgan fingerprint density at radius 3 is 2.00 bits per heavy atom. The van der Waals surface area contributed by atoms with Crippen LogP contribution in [0.3, 0.4) is 0 Å². The average Bonchev–Trinajstić information content (AvgIpc) is 2.25. The van der Waals surface area contributed by atoms with E-state index in [-0.39, 0.29) is 23.8 Å². The van der Waals surface area contributed by atoms with Crippen LogP contribution >= 0.6 is 11.6 Å². The zero-order chi connectivity index (χ0) is 13.0. The molecule has 1 rings (SSSR count). The summed E-state index contributed by atoms with van der Waals surface area (Å²) >= 11 is 5.39. The molecule has 94 valence electrons. The Hall–Kier alpha value is -0.960. The van der Waals surface area contributed by atoms with Gasteiger partial charge in [-0.2, -0.15) is 0 Å². The van der Waals surface area contributed by atoms with Crippen molar-refractivity contribution in [3.8, 4) is 0 Å². The topological polar surface area (TPSA) is 17.1 Å². The Labute approximate surface area is 105 Å². The molecule has 0 heterocycles. The molecule has 0 aliphatic rings. The normalized spacial score (nSPS) is 13.1. The number of carbonyl (C=O) groups is 1. The lowest BCUT2D eigenvalue weighted by Crippen LogP contribution is -2.10. The number of rotatable bonds is 5. The van der Waals surface area contributed by atoms with Gasteiger partial charge in [-0.1, -0.05) is 38.1 Å². The molecule has 0 aromatic heterocycles. The average molecular weight is 261 g/mol. The maximum Gasteiger partial charge on any atom is 0.263 e. The van der Waals surface area contributed by atoms with Gasteiger partial charge in [-0.15, -0.1) is 0 Å². The molecule has 0 aliphatic carbocycles. The highest BCUT2D eigenvalue weighted by Crippen LogP contribution is 2.30. The SMILES string of the molecule is CC(C)C(CC(=O)Cl)c1ccc(C(F)F)cc1. The highest BCUT2D eigenvalue weighted by atomic mass is 35.5. The van der Waals surface area contributed by atoms with Gasteiger partial charge >= 0.3 is 0 Å². The quantitative estimate of drug-likeness (QED) is 0.712. The van der Waals surface area contributed by atoms with Gasteiger partial charge in [0.25, 0.3) is 6.43 Å². The smallest absolute Gasteiger partial charge is 0.263 e. The van der Waals surface area contributed by atoms with Crippen LogP contribution in [-0.2, 0) is 4.79 Å². The van der Waals surface area contributed by atoms with Crippen LogP contribution < -0.4 is 0 Å². The molecule has 17 heavy (non-hydrogen) atoms. The van der Waals surface area contributed by atoms with Crippen LogP contribution in [0.5, 0.6) is 0 Å². The first-order valence-electron chi connectivity index (χ1n) is 5.48. The molecule has 0 saturated heterocycles. The summed E-state index contributed by atoms with van der Waals surface area (Å²) in [6.07, 6.45) is -2.23. The minimum absolute atomic E-state index is 0.00606. The number of carbonyl (C=O) groups excluding carboxylic acids is 1. The van der Waals surface area contributed by atoms with Crippen molar-refractivity contribution in [1.82, 2.24) is 0 Å². The summed E-state index contributed by atoms with van der Waals surface area (Å²) in [5.74, 6) is 0.210. The fourth-order valence-electron chi connectivity index (χ4n) is 1.80. The van der Waals surface area contributed by atoms with Gasteiger partial charge in [0.2, 0.25) is 5.24 Å². The third-order valence-electron chi connectivity index (χ3n) is 2.80. The number of halogens is 3. The molecule has 0 fully saturated rings. The van der Waals surface area contributed by atoms with E-state index in [1.54, 1.807) is 12.1 Å². The van der Waals surface area contributed by atoms with Crippen molar-refractivity contribution in [2.24, 2.45) is 5.92 Å². The van der Waals surface area contributed by atoms with E-state index < -0.39 is 11.7 Å². The first kappa shape index (κ1) is 14.1. The summed E-state index contributed by atoms with van der Waals surface area (Å²) in [5.41, 5.74) is 0.867. The van der Waals surface area contributed by atoms with Gasteiger partial charge in [0, 0.05) is 12.0 Å². The third kappa shape index (κ3) is 4.08. The lowest BCUT2D eigenvalue weighted by Gasteiger charge is -2.19. The molecule has 1 aromatic rings. The fourth-order valence-corrected chi connectivity index (χ4v) is 1.97. The Morgan fingerprint density at radius 1 is 1.18 bits per heavy atom. The Balaban J connectivity index is 2.91. The van der Waals surface area contributed by atoms with Crippen LogP contribution in [0.4, 0.5) is 8.78 Å². The second-order valence-electron chi connectivity index (χ2n) is 4.38. The van der Waals surface area contributed by atoms with E-state index in [4.69, 9.17) is 11.6 Å². The molecular formula is C13H15ClF2O. The zero-order valence-electron chi connectivity index (χ0n) is 9.79. The molecule has 1 nitrogen and oxygen atoms in total. The minimum Gasteiger partial charge on any atom is -0.281 e. The monoisotopic (exact) mass is 260 g/mol. The summed E-state index contributed by atoms with van der Waals surface area (Å²) < 4.78 is 24.8. The van der Waals surface area contributed by atoms with Crippen molar-refractivity contribution in [2.75, 3.05) is 0 Å². The highest BCUT2D eigenvalue weighted by Gasteiger charge is 2.19. The molecule has 0 N–H and O–H groups in total. The van der Waals surface area contributed by atoms with Crippen LogP contribution in [0.2, 0.25) is 0 Å². The van der Waals surface area contributed by atoms with Gasteiger partial charge in [-0.3, -0.25) is 4.79 Å². The molecule has 0 amide bonds. The molecule has 1 aromatic carbocycles. The van der Waals surface area contributed by atoms with E-state index >= 15 is 0 Å². The molecule has 0 spiro atoms. The molecule has 4 heteroatoms. The largest absolute Gasteiger partial charge is 0.281 e. The van der Waals surface area contributed by atoms with E-state index in [1.807, 2.05) is 13.8 Å². The van der Waals surface area contributed by atoms with E-state index in [0.717, 1.165) is 5.56 Å². The fraction of sp³-hybridized carbons (Fsp3) is 0.462. The van der Waals surface area contributed by atoms with Gasteiger partial charge in [0.15, 0.2) is 0 Å². The first-order valence-corrected chi connectivity index (χ1v) is 5.86. The van der Waals surface area contributed by atoms with Crippen molar-refractivity contribution in [3.63, 3.8) is 0 Å². The summed E-state index contributed by atoms with van der Waals surface area (Å²) in [4.78, 5) is 11.0. The zero-order valence-corrected chi connectivity index (χ0v) is 10.5. The summed E-state index contributed by atoms with van der Waals surface area (Å²) in [6.45, 7) is 3.96. The minimum atomic E-state index is -2.46. The van der Waals surface area contributed by atoms with Crippen LogP contribution in [0.1, 0.15) is 43.7 Å². The van der Waals surface area contributed by atoms with E-state index in [0.29, 0.717) is 0 Å². The van der Waals surface area contributed by atoms with Gasteiger partial charge in [0.1, 0.15) is 0 Å². The number of alkyl halides is 2. The maximum atomic E-state index is 12.4. The molecule has 1 atom stereocenters. The number of hydrogen-bond donors (Lipinski definition) is 0. The second-order valence-corrected chi connectivity index (χ2v) is 4.80. The molecule has 0 aliphatic heterocycles. The standard InChI is InChI=1S/C13H15ClF2O/c1-8(2)11(7-12(14)17)9-3-5-10(6-4-9)13(15)16/h3-6,8,11,13H,7H2,1-2H3. The van der Waals surface area contributed by atoms with E-state index in [2.05, 4.69) is 0 Å². The predicted octanol–water partition coefficient (Wildman–Crippen LogP) is 4.52. The lowest BCUT2D eigenvalue weighted by molar-refractivity contribution is -0.112. The predicted molar refractivity (Wildman–Crippen MR) is 64.5 cm³/mol. The molecule has 0 bridgehead atoms. The van der Waals surface area contributed by atoms with Gasteiger partial charge in [-0.25, -0.2) is 8.78 Å². The third-order valence-corrected chi connectivity index (χ3v) is 2.96. The van der Waals surface area contributed by atoms with E-state index in [1.165, 1.54) is 12.1 Å². The van der Waals surface area contributed by atoms with Gasteiger partial charge < -0.3 is 0 Å². The summed E-state index contributed by atoms with van der Waals surface area (Å²) in [7, 11) is 0. The van der Waals surface area contributed by atoms with Crippen LogP contribution in [0.25, 0.3) is 0 Å². The van der Waals surface area contributed by atoms with Crippen molar-refractivity contribution >= 4 is 16.8 Å². The van der Waals surface area contributed by atoms with Crippen LogP contribution in [-0.4, -0.2) is 5.24 Å². The molecule has 0 saturated carbocycles. The highest BCUT2D eigenvalue weighted by molar-refractivity contribution is 6.63. The second kappa shape index (κ2) is 6.10. The van der Waals surface area contributed by atoms with Crippen molar-refractivity contribution < 1.29 is 13.6 Å². The van der Waals surface area contributed by atoms with Crippen molar-refractivity contribution in [2.45, 2.75) is 32.6 Å². The summed E-state index contributed by atoms with van der Waals surface area (Å²) in [6, 6.07) is 6.08. The number of hydrogen-bond acceptors (Lipinski definition) is 1. The molecule has 0 radical (unpaired) electrons. The summed E-state index contributed by atoms with van der Waals surface area (Å²) in [5, 5.41) is -0.401. The lowest BCUT2D eigenvalue weighted by atomic mass is 9.86. The Morgan fingerprint density at radius 2 is 1.65 bits per heavy atom. The molecule has 1 unspecified atom stereocenters. The Kier molecular flexibility index (Phi) is 5.06. The van der Waals surface area contributed by atoms with Gasteiger partial charge in [0.05, 0.1) is 0 Å². The number of benzene rings is 1. The van der Waals surface area contributed by atoms with Crippen LogP contribution in [0.15, 0.2) is 24.3 Å². The first-order chi connectivity index (χ1) is 7.91. The molecular weight excluding hydrogens is 246 g/mol. The maximum absolute atomic E-state index is 12.4. The Bertz CT molecular complexity index is 374. The van der Waals surface area contributed by atoms with Crippen molar-refractivity contribution in [1.29, 1.82) is 0 Å². The van der Waals surface area contributed by atoms with E-state index in [9.17, 15) is 13.6 Å². The van der Waals surface area contributed by atoms with Crippen molar-refractivity contribution in [3.05, 3.63) is 35.4 Å². The van der Waals surface area contributed by atoms with Gasteiger partial charge in [-0.05, 0) is 29.0 Å².